The largest absolute Gasteiger partial charge is 0.391 e. The lowest BCUT2D eigenvalue weighted by Gasteiger charge is -2.42. The van der Waals surface area contributed by atoms with Crippen molar-refractivity contribution in [3.8, 4) is 0 Å². The monoisotopic (exact) mass is 447 g/mol. The summed E-state index contributed by atoms with van der Waals surface area (Å²) in [6.45, 7) is 2.15. The maximum absolute atomic E-state index is 14.0. The number of urea groups is 1. The predicted octanol–water partition coefficient (Wildman–Crippen LogP) is 4.25. The smallest absolute Gasteiger partial charge is 0.353 e. The minimum Gasteiger partial charge on any atom is -0.353 e. The van der Waals surface area contributed by atoms with Crippen LogP contribution in [0.2, 0.25) is 0 Å². The molecule has 0 aromatic heterocycles. The van der Waals surface area contributed by atoms with Gasteiger partial charge >= 0.3 is 12.2 Å². The van der Waals surface area contributed by atoms with Crippen molar-refractivity contribution in [2.75, 3.05) is 20.1 Å². The molecule has 2 fully saturated rings. The van der Waals surface area contributed by atoms with E-state index in [0.717, 1.165) is 12.1 Å². The average Bonchev–Trinajstić information content (AvgIpc) is 2.72. The molecule has 5 nitrogen and oxygen atoms in total. The summed E-state index contributed by atoms with van der Waals surface area (Å²) in [5.41, 5.74) is 0.319. The van der Waals surface area contributed by atoms with Crippen molar-refractivity contribution in [3.63, 3.8) is 0 Å². The molecule has 1 aromatic carbocycles. The first-order valence-electron chi connectivity index (χ1n) is 10.3. The van der Waals surface area contributed by atoms with Crippen LogP contribution >= 0.6 is 0 Å². The van der Waals surface area contributed by atoms with Gasteiger partial charge < -0.3 is 15.1 Å². The van der Waals surface area contributed by atoms with E-state index >= 15 is 0 Å². The molecule has 10 heteroatoms. The minimum atomic E-state index is -4.28. The normalized spacial score (nSPS) is 25.7. The molecule has 0 radical (unpaired) electrons. The summed E-state index contributed by atoms with van der Waals surface area (Å²) in [6.07, 6.45) is -4.05. The molecule has 1 heterocycles. The summed E-state index contributed by atoms with van der Waals surface area (Å²) < 4.78 is 66.8. The lowest BCUT2D eigenvalue weighted by atomic mass is 9.76. The van der Waals surface area contributed by atoms with Crippen LogP contribution in [0.1, 0.15) is 44.2 Å². The van der Waals surface area contributed by atoms with Crippen molar-refractivity contribution >= 4 is 11.9 Å². The highest BCUT2D eigenvalue weighted by Gasteiger charge is 2.44. The second-order valence-corrected chi connectivity index (χ2v) is 8.33. The first-order valence-corrected chi connectivity index (χ1v) is 10.3. The summed E-state index contributed by atoms with van der Waals surface area (Å²) in [5.74, 6) is -4.19. The number of benzene rings is 1. The van der Waals surface area contributed by atoms with Gasteiger partial charge in [0.1, 0.15) is 6.04 Å². The van der Waals surface area contributed by atoms with Gasteiger partial charge in [-0.05, 0) is 56.2 Å². The Morgan fingerprint density at radius 1 is 1.16 bits per heavy atom. The van der Waals surface area contributed by atoms with Gasteiger partial charge in [0.15, 0.2) is 11.6 Å². The molecule has 2 atom stereocenters. The standard InChI is InChI=1S/C21H26F5N3O2/c1-12-19(30)27-9-10-29(12)20(31)28(2)18(14-5-8-16(22)17(23)11-14)13-3-6-15(7-4-13)21(24,25)26/h5,8,11-13,15,18H,3-4,6-7,9-10H2,1-2H3,(H,27,30)/t12-,13?,15?,18?/m1/s1. The van der Waals surface area contributed by atoms with Crippen LogP contribution in [0.25, 0.3) is 0 Å². The van der Waals surface area contributed by atoms with Crippen LogP contribution in [0.5, 0.6) is 0 Å². The number of carbonyl (C=O) groups is 2. The van der Waals surface area contributed by atoms with E-state index in [0.29, 0.717) is 5.56 Å². The molecular weight excluding hydrogens is 421 g/mol. The zero-order valence-electron chi connectivity index (χ0n) is 17.4. The first kappa shape index (κ1) is 23.3. The number of halogens is 5. The molecule has 1 aliphatic carbocycles. The van der Waals surface area contributed by atoms with E-state index in [2.05, 4.69) is 5.32 Å². The maximum atomic E-state index is 14.0. The Hall–Kier alpha value is -2.39. The van der Waals surface area contributed by atoms with E-state index in [1.54, 1.807) is 6.92 Å². The quantitative estimate of drug-likeness (QED) is 0.705. The lowest BCUT2D eigenvalue weighted by Crippen LogP contribution is -2.59. The highest BCUT2D eigenvalue weighted by Crippen LogP contribution is 2.45. The molecule has 1 aliphatic heterocycles. The van der Waals surface area contributed by atoms with Gasteiger partial charge in [-0.3, -0.25) is 4.79 Å². The highest BCUT2D eigenvalue weighted by atomic mass is 19.4. The number of rotatable bonds is 3. The Morgan fingerprint density at radius 2 is 1.81 bits per heavy atom. The van der Waals surface area contributed by atoms with E-state index in [1.165, 1.54) is 22.9 Å². The summed E-state index contributed by atoms with van der Waals surface area (Å²) in [4.78, 5) is 27.9. The molecule has 1 saturated heterocycles. The van der Waals surface area contributed by atoms with Crippen LogP contribution in [0, 0.1) is 23.5 Å². The van der Waals surface area contributed by atoms with Crippen molar-refractivity contribution in [1.29, 1.82) is 0 Å². The second-order valence-electron chi connectivity index (χ2n) is 8.33. The fourth-order valence-corrected chi connectivity index (χ4v) is 4.64. The third-order valence-electron chi connectivity index (χ3n) is 6.43. The van der Waals surface area contributed by atoms with Crippen molar-refractivity contribution < 1.29 is 31.5 Å². The molecule has 3 rings (SSSR count). The molecule has 1 saturated carbocycles. The Morgan fingerprint density at radius 3 is 2.39 bits per heavy atom. The van der Waals surface area contributed by atoms with E-state index in [-0.39, 0.29) is 50.6 Å². The summed E-state index contributed by atoms with van der Waals surface area (Å²) in [7, 11) is 1.49. The Kier molecular flexibility index (Phi) is 6.76. The molecule has 2 aliphatic rings. The fraction of sp³-hybridized carbons (Fsp3) is 0.619. The van der Waals surface area contributed by atoms with E-state index < -0.39 is 41.8 Å². The van der Waals surface area contributed by atoms with Gasteiger partial charge in [-0.2, -0.15) is 13.2 Å². The van der Waals surface area contributed by atoms with E-state index in [9.17, 15) is 31.5 Å². The van der Waals surface area contributed by atoms with E-state index in [1.807, 2.05) is 0 Å². The van der Waals surface area contributed by atoms with Gasteiger partial charge in [0.25, 0.3) is 0 Å². The van der Waals surface area contributed by atoms with Gasteiger partial charge in [-0.15, -0.1) is 0 Å². The summed E-state index contributed by atoms with van der Waals surface area (Å²) in [6, 6.07) is 1.37. The Labute approximate surface area is 177 Å². The third-order valence-corrected chi connectivity index (χ3v) is 6.43. The van der Waals surface area contributed by atoms with Gasteiger partial charge in [0.2, 0.25) is 5.91 Å². The second kappa shape index (κ2) is 9.00. The van der Waals surface area contributed by atoms with Crippen LogP contribution in [0.4, 0.5) is 26.7 Å². The first-order chi connectivity index (χ1) is 14.5. The zero-order valence-corrected chi connectivity index (χ0v) is 17.4. The van der Waals surface area contributed by atoms with Crippen LogP contribution < -0.4 is 5.32 Å². The van der Waals surface area contributed by atoms with Crippen LogP contribution in [-0.4, -0.2) is 54.1 Å². The number of nitrogens with one attached hydrogen (secondary N) is 1. The Balaban J connectivity index is 1.88. The molecule has 0 bridgehead atoms. The number of alkyl halides is 3. The number of nitrogens with zero attached hydrogens (tertiary/aromatic N) is 2. The SMILES string of the molecule is C[C@@H]1C(=O)NCCN1C(=O)N(C)C(c1ccc(F)c(F)c1)C1CCC(C(F)(F)F)CC1. The molecule has 1 N–H and O–H groups in total. The van der Waals surface area contributed by atoms with Crippen molar-refractivity contribution in [3.05, 3.63) is 35.4 Å². The molecule has 1 unspecified atom stereocenters. The average molecular weight is 447 g/mol. The van der Waals surface area contributed by atoms with E-state index in [4.69, 9.17) is 0 Å². The van der Waals surface area contributed by atoms with Gasteiger partial charge in [0, 0.05) is 20.1 Å². The number of hydrogen-bond acceptors (Lipinski definition) is 2. The Bertz CT molecular complexity index is 824. The summed E-state index contributed by atoms with van der Waals surface area (Å²) in [5, 5.41) is 2.66. The van der Waals surface area contributed by atoms with Crippen molar-refractivity contribution in [2.45, 2.75) is 50.9 Å². The molecule has 172 valence electrons. The molecular formula is C21H26F5N3O2. The van der Waals surface area contributed by atoms with Gasteiger partial charge in [-0.25, -0.2) is 13.6 Å². The number of amides is 3. The summed E-state index contributed by atoms with van der Waals surface area (Å²) >= 11 is 0. The predicted molar refractivity (Wildman–Crippen MR) is 103 cm³/mol. The van der Waals surface area contributed by atoms with Gasteiger partial charge in [-0.1, -0.05) is 6.07 Å². The molecule has 3 amide bonds. The number of carbonyl (C=O) groups excluding carboxylic acids is 2. The van der Waals surface area contributed by atoms with Crippen LogP contribution in [0.15, 0.2) is 18.2 Å². The maximum Gasteiger partial charge on any atom is 0.391 e. The third kappa shape index (κ3) is 4.93. The molecule has 0 spiro atoms. The lowest BCUT2D eigenvalue weighted by molar-refractivity contribution is -0.184. The van der Waals surface area contributed by atoms with Crippen molar-refractivity contribution in [2.24, 2.45) is 11.8 Å². The van der Waals surface area contributed by atoms with Gasteiger partial charge in [0.05, 0.1) is 12.0 Å². The number of hydrogen-bond donors (Lipinski definition) is 1. The molecule has 31 heavy (non-hydrogen) atoms. The van der Waals surface area contributed by atoms with Crippen molar-refractivity contribution in [1.82, 2.24) is 15.1 Å². The fourth-order valence-electron chi connectivity index (χ4n) is 4.64. The highest BCUT2D eigenvalue weighted by molar-refractivity contribution is 5.88. The minimum absolute atomic E-state index is 0.0844. The number of piperazine rings is 1. The van der Waals surface area contributed by atoms with Crippen LogP contribution in [0.3, 0.4) is 0 Å². The van der Waals surface area contributed by atoms with Crippen LogP contribution in [-0.2, 0) is 4.79 Å². The molecule has 1 aromatic rings. The topological polar surface area (TPSA) is 52.7 Å². The zero-order chi connectivity index (χ0) is 22.9.